The van der Waals surface area contributed by atoms with E-state index in [2.05, 4.69) is 37.3 Å². The number of hydrogen-bond donors (Lipinski definition) is 1. The summed E-state index contributed by atoms with van der Waals surface area (Å²) in [5.74, 6) is 2.51. The fraction of sp³-hybridized carbons (Fsp3) is 0.750. The lowest BCUT2D eigenvalue weighted by molar-refractivity contribution is 0.405. The second kappa shape index (κ2) is 6.99. The normalized spacial score (nSPS) is 18.6. The molecule has 0 saturated carbocycles. The molecule has 0 saturated heterocycles. The minimum Gasteiger partial charge on any atom is -0.316 e. The monoisotopic (exact) mass is 261 g/mol. The van der Waals surface area contributed by atoms with Crippen LogP contribution in [0, 0.1) is 11.8 Å². The third-order valence-electron chi connectivity index (χ3n) is 3.76. The number of nitrogens with zero attached hydrogens (tertiary/aromatic N) is 2. The standard InChI is InChI=1S/C16H27N3/c1-4-5-16-18-11-14-8-13(6-7-15(14)19-16)10-17-9-12(2)3/h11-13,17H,4-10H2,1-3H3. The maximum atomic E-state index is 4.71. The van der Waals surface area contributed by atoms with Gasteiger partial charge in [-0.1, -0.05) is 20.8 Å². The highest BCUT2D eigenvalue weighted by Crippen LogP contribution is 2.23. The molecule has 1 aromatic rings. The van der Waals surface area contributed by atoms with Crippen molar-refractivity contribution in [2.45, 2.75) is 52.9 Å². The van der Waals surface area contributed by atoms with Gasteiger partial charge in [0.1, 0.15) is 5.82 Å². The van der Waals surface area contributed by atoms with Gasteiger partial charge in [-0.3, -0.25) is 0 Å². The Morgan fingerprint density at radius 3 is 3.00 bits per heavy atom. The van der Waals surface area contributed by atoms with Crippen LogP contribution >= 0.6 is 0 Å². The molecule has 1 heterocycles. The van der Waals surface area contributed by atoms with Gasteiger partial charge >= 0.3 is 0 Å². The van der Waals surface area contributed by atoms with E-state index in [-0.39, 0.29) is 0 Å². The van der Waals surface area contributed by atoms with Gasteiger partial charge in [-0.25, -0.2) is 9.97 Å². The number of rotatable bonds is 6. The summed E-state index contributed by atoms with van der Waals surface area (Å²) in [6.07, 6.45) is 7.74. The Balaban J connectivity index is 1.89. The minimum absolute atomic E-state index is 0.732. The van der Waals surface area contributed by atoms with E-state index in [0.29, 0.717) is 0 Å². The quantitative estimate of drug-likeness (QED) is 0.855. The number of nitrogens with one attached hydrogen (secondary N) is 1. The molecule has 1 aromatic heterocycles. The van der Waals surface area contributed by atoms with Crippen LogP contribution in [0.2, 0.25) is 0 Å². The van der Waals surface area contributed by atoms with Gasteiger partial charge in [0.25, 0.3) is 0 Å². The lowest BCUT2D eigenvalue weighted by Crippen LogP contribution is -2.30. The zero-order valence-electron chi connectivity index (χ0n) is 12.6. The first-order valence-electron chi connectivity index (χ1n) is 7.73. The Kier molecular flexibility index (Phi) is 5.32. The summed E-state index contributed by atoms with van der Waals surface area (Å²) >= 11 is 0. The number of aromatic nitrogens is 2. The van der Waals surface area contributed by atoms with Crippen LogP contribution in [-0.4, -0.2) is 23.1 Å². The summed E-state index contributed by atoms with van der Waals surface area (Å²) in [5, 5.41) is 3.58. The zero-order valence-corrected chi connectivity index (χ0v) is 12.6. The molecule has 0 radical (unpaired) electrons. The zero-order chi connectivity index (χ0) is 13.7. The molecular formula is C16H27N3. The molecular weight excluding hydrogens is 234 g/mol. The predicted octanol–water partition coefficient (Wildman–Crippen LogP) is 2.78. The van der Waals surface area contributed by atoms with E-state index in [1.807, 2.05) is 0 Å². The van der Waals surface area contributed by atoms with Crippen molar-refractivity contribution in [2.24, 2.45) is 11.8 Å². The van der Waals surface area contributed by atoms with Crippen LogP contribution in [0.25, 0.3) is 0 Å². The molecule has 0 aliphatic heterocycles. The maximum Gasteiger partial charge on any atom is 0.128 e. The molecule has 1 atom stereocenters. The van der Waals surface area contributed by atoms with Crippen molar-refractivity contribution in [3.05, 3.63) is 23.3 Å². The summed E-state index contributed by atoms with van der Waals surface area (Å²) in [4.78, 5) is 9.21. The molecule has 0 amide bonds. The SMILES string of the molecule is CCCc1ncc2c(n1)CCC(CNCC(C)C)C2. The molecule has 0 fully saturated rings. The van der Waals surface area contributed by atoms with Gasteiger partial charge in [-0.2, -0.15) is 0 Å². The van der Waals surface area contributed by atoms with Crippen LogP contribution in [0.4, 0.5) is 0 Å². The molecule has 3 nitrogen and oxygen atoms in total. The van der Waals surface area contributed by atoms with Gasteiger partial charge in [0.15, 0.2) is 0 Å². The predicted molar refractivity (Wildman–Crippen MR) is 79.2 cm³/mol. The molecule has 19 heavy (non-hydrogen) atoms. The van der Waals surface area contributed by atoms with Crippen LogP contribution in [0.5, 0.6) is 0 Å². The molecule has 1 aliphatic rings. The van der Waals surface area contributed by atoms with Crippen LogP contribution in [0.15, 0.2) is 6.20 Å². The van der Waals surface area contributed by atoms with E-state index in [4.69, 9.17) is 4.98 Å². The van der Waals surface area contributed by atoms with Crippen LogP contribution in [0.1, 0.15) is 50.7 Å². The van der Waals surface area contributed by atoms with Crippen molar-refractivity contribution >= 4 is 0 Å². The first-order valence-corrected chi connectivity index (χ1v) is 7.73. The third-order valence-corrected chi connectivity index (χ3v) is 3.76. The second-order valence-corrected chi connectivity index (χ2v) is 6.17. The Hall–Kier alpha value is -0.960. The highest BCUT2D eigenvalue weighted by Gasteiger charge is 2.20. The van der Waals surface area contributed by atoms with Crippen molar-refractivity contribution < 1.29 is 0 Å². The van der Waals surface area contributed by atoms with Gasteiger partial charge in [-0.15, -0.1) is 0 Å². The lowest BCUT2D eigenvalue weighted by Gasteiger charge is -2.24. The summed E-state index contributed by atoms with van der Waals surface area (Å²) < 4.78 is 0. The van der Waals surface area contributed by atoms with Gasteiger partial charge < -0.3 is 5.32 Å². The molecule has 0 spiro atoms. The average molecular weight is 261 g/mol. The van der Waals surface area contributed by atoms with E-state index in [1.165, 1.54) is 17.7 Å². The Morgan fingerprint density at radius 1 is 1.42 bits per heavy atom. The molecule has 1 N–H and O–H groups in total. The van der Waals surface area contributed by atoms with Crippen molar-refractivity contribution in [3.8, 4) is 0 Å². The minimum atomic E-state index is 0.732. The summed E-state index contributed by atoms with van der Waals surface area (Å²) in [6.45, 7) is 8.95. The topological polar surface area (TPSA) is 37.8 Å². The van der Waals surface area contributed by atoms with E-state index < -0.39 is 0 Å². The Bertz CT molecular complexity index is 401. The first-order chi connectivity index (χ1) is 9.19. The Labute approximate surface area is 117 Å². The lowest BCUT2D eigenvalue weighted by atomic mass is 9.87. The number of hydrogen-bond acceptors (Lipinski definition) is 3. The second-order valence-electron chi connectivity index (χ2n) is 6.17. The molecule has 0 aromatic carbocycles. The van der Waals surface area contributed by atoms with Gasteiger partial charge in [0.05, 0.1) is 0 Å². The van der Waals surface area contributed by atoms with Crippen LogP contribution < -0.4 is 5.32 Å². The molecule has 3 heteroatoms. The van der Waals surface area contributed by atoms with Crippen LogP contribution in [-0.2, 0) is 19.3 Å². The molecule has 1 aliphatic carbocycles. The van der Waals surface area contributed by atoms with Crippen LogP contribution in [0.3, 0.4) is 0 Å². The third kappa shape index (κ3) is 4.27. The van der Waals surface area contributed by atoms with E-state index in [0.717, 1.165) is 56.4 Å². The largest absolute Gasteiger partial charge is 0.316 e. The number of fused-ring (bicyclic) bond motifs is 1. The highest BCUT2D eigenvalue weighted by atomic mass is 14.9. The highest BCUT2D eigenvalue weighted by molar-refractivity contribution is 5.21. The van der Waals surface area contributed by atoms with E-state index in [9.17, 15) is 0 Å². The van der Waals surface area contributed by atoms with E-state index in [1.54, 1.807) is 0 Å². The molecule has 1 unspecified atom stereocenters. The summed E-state index contributed by atoms with van der Waals surface area (Å²) in [7, 11) is 0. The fourth-order valence-corrected chi connectivity index (χ4v) is 2.72. The average Bonchev–Trinajstić information content (AvgIpc) is 2.39. The summed E-state index contributed by atoms with van der Waals surface area (Å²) in [6, 6.07) is 0. The van der Waals surface area contributed by atoms with Crippen molar-refractivity contribution in [1.29, 1.82) is 0 Å². The van der Waals surface area contributed by atoms with Crippen molar-refractivity contribution in [3.63, 3.8) is 0 Å². The molecule has 106 valence electrons. The first kappa shape index (κ1) is 14.4. The molecule has 2 rings (SSSR count). The van der Waals surface area contributed by atoms with Gasteiger partial charge in [0.2, 0.25) is 0 Å². The van der Waals surface area contributed by atoms with Crippen molar-refractivity contribution in [2.75, 3.05) is 13.1 Å². The smallest absolute Gasteiger partial charge is 0.128 e. The van der Waals surface area contributed by atoms with E-state index >= 15 is 0 Å². The summed E-state index contributed by atoms with van der Waals surface area (Å²) in [5.41, 5.74) is 2.68. The Morgan fingerprint density at radius 2 is 2.26 bits per heavy atom. The maximum absolute atomic E-state index is 4.71. The molecule has 0 bridgehead atoms. The van der Waals surface area contributed by atoms with Gasteiger partial charge in [-0.05, 0) is 56.2 Å². The van der Waals surface area contributed by atoms with Gasteiger partial charge in [0, 0.05) is 18.3 Å². The van der Waals surface area contributed by atoms with Crippen molar-refractivity contribution in [1.82, 2.24) is 15.3 Å². The fourth-order valence-electron chi connectivity index (χ4n) is 2.72. The number of aryl methyl sites for hydroxylation is 2.